The molecule has 4 heteroatoms. The van der Waals surface area contributed by atoms with Crippen LogP contribution in [-0.4, -0.2) is 20.9 Å². The van der Waals surface area contributed by atoms with Crippen LogP contribution in [0.15, 0.2) is 42.7 Å². The average Bonchev–Trinajstić information content (AvgIpc) is 2.82. The molecule has 0 unspecified atom stereocenters. The number of Topliss-reactive ketones (excluding diaryl/α,β-unsaturated/α-hetero) is 1. The molecule has 0 radical (unpaired) electrons. The highest BCUT2D eigenvalue weighted by Crippen LogP contribution is 2.07. The number of nitrogens with zero attached hydrogens (tertiary/aromatic N) is 2. The summed E-state index contributed by atoms with van der Waals surface area (Å²) in [5, 5.41) is 4.49. The topological polar surface area (TPSA) is 34.9 Å². The molecule has 0 aliphatic carbocycles. The van der Waals surface area contributed by atoms with Crippen LogP contribution in [0.5, 0.6) is 0 Å². The van der Waals surface area contributed by atoms with E-state index in [0.29, 0.717) is 5.33 Å². The number of carbonyl (C=O) groups is 1. The highest BCUT2D eigenvalue weighted by Gasteiger charge is 2.03. The van der Waals surface area contributed by atoms with Crippen LogP contribution >= 0.6 is 15.9 Å². The second kappa shape index (κ2) is 5.07. The van der Waals surface area contributed by atoms with Gasteiger partial charge in [0.2, 0.25) is 0 Å². The Labute approximate surface area is 102 Å². The number of carbonyl (C=O) groups excluding carboxylic acids is 1. The minimum Gasteiger partial charge on any atom is -0.293 e. The van der Waals surface area contributed by atoms with Gasteiger partial charge in [-0.15, -0.1) is 0 Å². The Hall–Kier alpha value is -1.42. The zero-order chi connectivity index (χ0) is 11.4. The van der Waals surface area contributed by atoms with Crippen LogP contribution in [-0.2, 0) is 6.54 Å². The van der Waals surface area contributed by atoms with Gasteiger partial charge in [0, 0.05) is 18.0 Å². The number of halogens is 1. The summed E-state index contributed by atoms with van der Waals surface area (Å²) in [5.74, 6) is 0.102. The molecule has 0 bridgehead atoms. The second-order valence-electron chi connectivity index (χ2n) is 3.46. The first-order chi connectivity index (χ1) is 7.79. The average molecular weight is 279 g/mol. The molecule has 0 atom stereocenters. The first kappa shape index (κ1) is 11.1. The van der Waals surface area contributed by atoms with Crippen molar-refractivity contribution in [2.45, 2.75) is 6.54 Å². The Morgan fingerprint density at radius 2 is 2.06 bits per heavy atom. The van der Waals surface area contributed by atoms with E-state index < -0.39 is 0 Å². The highest BCUT2D eigenvalue weighted by atomic mass is 79.9. The third kappa shape index (κ3) is 2.58. The minimum atomic E-state index is 0.102. The van der Waals surface area contributed by atoms with Crippen molar-refractivity contribution in [2.24, 2.45) is 0 Å². The van der Waals surface area contributed by atoms with Gasteiger partial charge in [-0.1, -0.05) is 40.2 Å². The number of hydrogen-bond donors (Lipinski definition) is 0. The summed E-state index contributed by atoms with van der Waals surface area (Å²) in [6, 6.07) is 9.50. The second-order valence-corrected chi connectivity index (χ2v) is 4.02. The molecular weight excluding hydrogens is 268 g/mol. The van der Waals surface area contributed by atoms with Gasteiger partial charge in [0.1, 0.15) is 0 Å². The molecule has 0 saturated heterocycles. The minimum absolute atomic E-state index is 0.102. The van der Waals surface area contributed by atoms with E-state index in [9.17, 15) is 4.79 Å². The normalized spacial score (nSPS) is 10.3. The number of ketones is 1. The van der Waals surface area contributed by atoms with E-state index in [1.807, 2.05) is 41.2 Å². The van der Waals surface area contributed by atoms with Crippen LogP contribution < -0.4 is 0 Å². The van der Waals surface area contributed by atoms with Gasteiger partial charge in [-0.25, -0.2) is 0 Å². The molecule has 82 valence electrons. The first-order valence-corrected chi connectivity index (χ1v) is 6.07. The first-order valence-electron chi connectivity index (χ1n) is 4.95. The maximum absolute atomic E-state index is 11.4. The number of aromatic nitrogens is 2. The van der Waals surface area contributed by atoms with Crippen LogP contribution in [0.2, 0.25) is 0 Å². The van der Waals surface area contributed by atoms with E-state index in [0.717, 1.165) is 17.7 Å². The molecular formula is C12H11BrN2O. The van der Waals surface area contributed by atoms with E-state index >= 15 is 0 Å². The van der Waals surface area contributed by atoms with Crippen molar-refractivity contribution < 1.29 is 4.79 Å². The maximum Gasteiger partial charge on any atom is 0.173 e. The Bertz CT molecular complexity index is 462. The molecule has 2 rings (SSSR count). The van der Waals surface area contributed by atoms with Crippen molar-refractivity contribution in [3.05, 3.63) is 53.9 Å². The standard InChI is InChI=1S/C12H11BrN2O/c13-8-12(16)11-4-2-10(3-5-11)9-15-7-1-6-14-15/h1-7H,8-9H2. The van der Waals surface area contributed by atoms with Crippen molar-refractivity contribution in [3.8, 4) is 0 Å². The molecule has 1 heterocycles. The van der Waals surface area contributed by atoms with E-state index in [2.05, 4.69) is 21.0 Å². The zero-order valence-corrected chi connectivity index (χ0v) is 10.2. The van der Waals surface area contributed by atoms with Gasteiger partial charge in [0.25, 0.3) is 0 Å². The quantitative estimate of drug-likeness (QED) is 0.636. The number of alkyl halides is 1. The predicted octanol–water partition coefficient (Wildman–Crippen LogP) is 2.51. The molecule has 1 aromatic heterocycles. The number of hydrogen-bond acceptors (Lipinski definition) is 2. The number of rotatable bonds is 4. The monoisotopic (exact) mass is 278 g/mol. The van der Waals surface area contributed by atoms with E-state index in [-0.39, 0.29) is 5.78 Å². The molecule has 0 aliphatic rings. The third-order valence-corrected chi connectivity index (χ3v) is 2.81. The van der Waals surface area contributed by atoms with Gasteiger partial charge in [-0.2, -0.15) is 5.10 Å². The molecule has 0 aliphatic heterocycles. The summed E-state index contributed by atoms with van der Waals surface area (Å²) in [7, 11) is 0. The Kier molecular flexibility index (Phi) is 3.51. The largest absolute Gasteiger partial charge is 0.293 e. The van der Waals surface area contributed by atoms with Crippen LogP contribution in [0.25, 0.3) is 0 Å². The van der Waals surface area contributed by atoms with Crippen LogP contribution in [0.4, 0.5) is 0 Å². The van der Waals surface area contributed by atoms with Crippen LogP contribution in [0.3, 0.4) is 0 Å². The van der Waals surface area contributed by atoms with Crippen LogP contribution in [0, 0.1) is 0 Å². The molecule has 0 amide bonds. The summed E-state index contributed by atoms with van der Waals surface area (Å²) >= 11 is 3.15. The van der Waals surface area contributed by atoms with Gasteiger partial charge in [0.05, 0.1) is 11.9 Å². The molecule has 0 N–H and O–H groups in total. The number of benzene rings is 1. The van der Waals surface area contributed by atoms with Gasteiger partial charge in [-0.05, 0) is 11.6 Å². The van der Waals surface area contributed by atoms with Crippen molar-refractivity contribution in [2.75, 3.05) is 5.33 Å². The Balaban J connectivity index is 2.10. The SMILES string of the molecule is O=C(CBr)c1ccc(Cn2cccn2)cc1. The van der Waals surface area contributed by atoms with E-state index in [1.54, 1.807) is 6.20 Å². The lowest BCUT2D eigenvalue weighted by Crippen LogP contribution is -2.02. The van der Waals surface area contributed by atoms with Crippen molar-refractivity contribution in [1.29, 1.82) is 0 Å². The lowest BCUT2D eigenvalue weighted by Gasteiger charge is -2.03. The molecule has 1 aromatic carbocycles. The molecule has 2 aromatic rings. The van der Waals surface area contributed by atoms with Crippen LogP contribution in [0.1, 0.15) is 15.9 Å². The summed E-state index contributed by atoms with van der Waals surface area (Å²) in [5.41, 5.74) is 1.87. The van der Waals surface area contributed by atoms with Gasteiger partial charge >= 0.3 is 0 Å². The molecule has 0 saturated carbocycles. The maximum atomic E-state index is 11.4. The summed E-state index contributed by atoms with van der Waals surface area (Å²) < 4.78 is 1.85. The molecule has 16 heavy (non-hydrogen) atoms. The summed E-state index contributed by atoms with van der Waals surface area (Å²) in [6.45, 7) is 0.732. The third-order valence-electron chi connectivity index (χ3n) is 2.30. The highest BCUT2D eigenvalue weighted by molar-refractivity contribution is 9.09. The summed E-state index contributed by atoms with van der Waals surface area (Å²) in [4.78, 5) is 11.4. The van der Waals surface area contributed by atoms with Crippen molar-refractivity contribution in [1.82, 2.24) is 9.78 Å². The van der Waals surface area contributed by atoms with Crippen molar-refractivity contribution in [3.63, 3.8) is 0 Å². The Morgan fingerprint density at radius 3 is 2.62 bits per heavy atom. The van der Waals surface area contributed by atoms with Gasteiger partial charge in [0.15, 0.2) is 5.78 Å². The molecule has 0 spiro atoms. The lowest BCUT2D eigenvalue weighted by molar-refractivity contribution is 0.102. The van der Waals surface area contributed by atoms with E-state index in [4.69, 9.17) is 0 Å². The van der Waals surface area contributed by atoms with Gasteiger partial charge < -0.3 is 0 Å². The fraction of sp³-hybridized carbons (Fsp3) is 0.167. The molecule has 3 nitrogen and oxygen atoms in total. The fourth-order valence-corrected chi connectivity index (χ4v) is 1.78. The zero-order valence-electron chi connectivity index (χ0n) is 8.64. The predicted molar refractivity (Wildman–Crippen MR) is 65.9 cm³/mol. The smallest absolute Gasteiger partial charge is 0.173 e. The van der Waals surface area contributed by atoms with E-state index in [1.165, 1.54) is 0 Å². The van der Waals surface area contributed by atoms with Crippen molar-refractivity contribution >= 4 is 21.7 Å². The fourth-order valence-electron chi connectivity index (χ4n) is 1.45. The summed E-state index contributed by atoms with van der Waals surface area (Å²) in [6.07, 6.45) is 3.67. The Morgan fingerprint density at radius 1 is 1.31 bits per heavy atom. The van der Waals surface area contributed by atoms with Gasteiger partial charge in [-0.3, -0.25) is 9.48 Å². The molecule has 0 fully saturated rings. The lowest BCUT2D eigenvalue weighted by atomic mass is 10.1.